The third kappa shape index (κ3) is 1.55. The van der Waals surface area contributed by atoms with Crippen LogP contribution in [-0.2, 0) is 0 Å². The molecule has 50 valence electrons. The lowest BCUT2D eigenvalue weighted by molar-refractivity contribution is 0.405. The number of alkyl halides is 2. The molecule has 0 saturated heterocycles. The zero-order valence-electron chi connectivity index (χ0n) is 4.52. The highest BCUT2D eigenvalue weighted by Crippen LogP contribution is 2.25. The van der Waals surface area contributed by atoms with Crippen LogP contribution in [0.2, 0.25) is 0 Å². The molecule has 0 amide bonds. The Kier molecular flexibility index (Phi) is 2.30. The van der Waals surface area contributed by atoms with Crippen LogP contribution in [0.4, 0.5) is 4.39 Å². The van der Waals surface area contributed by atoms with E-state index in [1.165, 1.54) is 0 Å². The lowest BCUT2D eigenvalue weighted by Crippen LogP contribution is -2.15. The SMILES string of the molecule is FC1C(Cl)=CC=CC1Br. The third-order valence-corrected chi connectivity index (χ3v) is 2.20. The van der Waals surface area contributed by atoms with Crippen molar-refractivity contribution < 1.29 is 4.39 Å². The lowest BCUT2D eigenvalue weighted by Gasteiger charge is -2.12. The molecule has 0 fully saturated rings. The van der Waals surface area contributed by atoms with Gasteiger partial charge in [-0.05, 0) is 6.08 Å². The largest absolute Gasteiger partial charge is 0.240 e. The quantitative estimate of drug-likeness (QED) is 0.541. The van der Waals surface area contributed by atoms with Crippen LogP contribution in [0, 0.1) is 0 Å². The third-order valence-electron chi connectivity index (χ3n) is 1.09. The predicted octanol–water partition coefficient (Wildman–Crippen LogP) is 2.78. The van der Waals surface area contributed by atoms with Crippen LogP contribution in [0.3, 0.4) is 0 Å². The van der Waals surface area contributed by atoms with Crippen molar-refractivity contribution in [2.24, 2.45) is 0 Å². The van der Waals surface area contributed by atoms with Crippen molar-refractivity contribution >= 4 is 27.5 Å². The molecule has 1 aliphatic rings. The van der Waals surface area contributed by atoms with Gasteiger partial charge in [-0.25, -0.2) is 4.39 Å². The molecule has 3 heteroatoms. The van der Waals surface area contributed by atoms with Gasteiger partial charge in [0.15, 0.2) is 6.17 Å². The Balaban J connectivity index is 2.73. The molecule has 0 aliphatic heterocycles. The first-order chi connectivity index (χ1) is 4.22. The first kappa shape index (κ1) is 7.29. The Morgan fingerprint density at radius 1 is 1.67 bits per heavy atom. The maximum Gasteiger partial charge on any atom is 0.151 e. The zero-order chi connectivity index (χ0) is 6.85. The summed E-state index contributed by atoms with van der Waals surface area (Å²) in [5, 5.41) is 0.263. The van der Waals surface area contributed by atoms with E-state index >= 15 is 0 Å². The average molecular weight is 211 g/mol. The van der Waals surface area contributed by atoms with Crippen LogP contribution in [0.1, 0.15) is 0 Å². The highest BCUT2D eigenvalue weighted by atomic mass is 79.9. The second-order valence-electron chi connectivity index (χ2n) is 1.78. The summed E-state index contributed by atoms with van der Waals surface area (Å²) in [6, 6.07) is 0. The molecule has 0 heterocycles. The summed E-state index contributed by atoms with van der Waals surface area (Å²) in [6.45, 7) is 0. The Morgan fingerprint density at radius 3 is 2.78 bits per heavy atom. The summed E-state index contributed by atoms with van der Waals surface area (Å²) in [5.41, 5.74) is 0. The van der Waals surface area contributed by atoms with Crippen molar-refractivity contribution in [3.63, 3.8) is 0 Å². The molecule has 9 heavy (non-hydrogen) atoms. The minimum atomic E-state index is -1.07. The van der Waals surface area contributed by atoms with E-state index in [0.29, 0.717) is 0 Å². The second kappa shape index (κ2) is 2.84. The maximum absolute atomic E-state index is 12.7. The highest BCUT2D eigenvalue weighted by Gasteiger charge is 2.20. The van der Waals surface area contributed by atoms with Crippen LogP contribution in [0.25, 0.3) is 0 Å². The summed E-state index contributed by atoms with van der Waals surface area (Å²) in [7, 11) is 0. The average Bonchev–Trinajstić information content (AvgIpc) is 1.83. The summed E-state index contributed by atoms with van der Waals surface area (Å²) in [6.07, 6.45) is 3.94. The number of rotatable bonds is 0. The molecule has 1 aliphatic carbocycles. The molecule has 0 radical (unpaired) electrons. The standard InChI is InChI=1S/C6H5BrClF/c7-4-2-1-3-5(8)6(4)9/h1-4,6H. The zero-order valence-corrected chi connectivity index (χ0v) is 6.86. The van der Waals surface area contributed by atoms with Crippen LogP contribution < -0.4 is 0 Å². The number of hydrogen-bond donors (Lipinski definition) is 0. The Morgan fingerprint density at radius 2 is 2.33 bits per heavy atom. The van der Waals surface area contributed by atoms with Crippen molar-refractivity contribution in [2.75, 3.05) is 0 Å². The normalized spacial score (nSPS) is 34.3. The summed E-state index contributed by atoms with van der Waals surface area (Å²) >= 11 is 8.57. The molecule has 0 nitrogen and oxygen atoms in total. The predicted molar refractivity (Wildman–Crippen MR) is 40.7 cm³/mol. The van der Waals surface area contributed by atoms with Crippen LogP contribution in [0.15, 0.2) is 23.3 Å². The van der Waals surface area contributed by atoms with E-state index in [2.05, 4.69) is 15.9 Å². The molecule has 0 aromatic carbocycles. The smallest absolute Gasteiger partial charge is 0.151 e. The fraction of sp³-hybridized carbons (Fsp3) is 0.333. The molecule has 0 saturated carbocycles. The van der Waals surface area contributed by atoms with Gasteiger partial charge in [0, 0.05) is 0 Å². The molecule has 0 aromatic heterocycles. The summed E-state index contributed by atoms with van der Waals surface area (Å²) < 4.78 is 12.7. The highest BCUT2D eigenvalue weighted by molar-refractivity contribution is 9.09. The Labute approximate surface area is 66.5 Å². The van der Waals surface area contributed by atoms with E-state index in [0.717, 1.165) is 0 Å². The first-order valence-corrected chi connectivity index (χ1v) is 3.83. The van der Waals surface area contributed by atoms with E-state index in [-0.39, 0.29) is 9.86 Å². The van der Waals surface area contributed by atoms with Gasteiger partial charge < -0.3 is 0 Å². The van der Waals surface area contributed by atoms with Gasteiger partial charge in [0.1, 0.15) is 0 Å². The molecule has 2 unspecified atom stereocenters. The van der Waals surface area contributed by atoms with E-state index in [1.54, 1.807) is 18.2 Å². The van der Waals surface area contributed by atoms with E-state index in [1.807, 2.05) is 0 Å². The molecule has 1 rings (SSSR count). The molecule has 0 bridgehead atoms. The second-order valence-corrected chi connectivity index (χ2v) is 3.28. The molecule has 0 N–H and O–H groups in total. The van der Waals surface area contributed by atoms with Gasteiger partial charge in [0.25, 0.3) is 0 Å². The first-order valence-electron chi connectivity index (χ1n) is 2.54. The van der Waals surface area contributed by atoms with Gasteiger partial charge in [-0.1, -0.05) is 39.7 Å². The number of allylic oxidation sites excluding steroid dienone is 4. The van der Waals surface area contributed by atoms with Gasteiger partial charge in [-0.2, -0.15) is 0 Å². The molecule has 2 atom stereocenters. The van der Waals surface area contributed by atoms with Crippen molar-refractivity contribution in [2.45, 2.75) is 11.0 Å². The topological polar surface area (TPSA) is 0 Å². The van der Waals surface area contributed by atoms with Crippen molar-refractivity contribution in [1.29, 1.82) is 0 Å². The van der Waals surface area contributed by atoms with Crippen LogP contribution in [0.5, 0.6) is 0 Å². The van der Waals surface area contributed by atoms with Gasteiger partial charge in [0.2, 0.25) is 0 Å². The van der Waals surface area contributed by atoms with Gasteiger partial charge in [-0.3, -0.25) is 0 Å². The van der Waals surface area contributed by atoms with Crippen molar-refractivity contribution in [3.05, 3.63) is 23.3 Å². The molecular formula is C6H5BrClF. The van der Waals surface area contributed by atoms with Gasteiger partial charge in [0.05, 0.1) is 9.86 Å². The molecule has 0 aromatic rings. The van der Waals surface area contributed by atoms with Gasteiger partial charge >= 0.3 is 0 Å². The summed E-state index contributed by atoms with van der Waals surface area (Å²) in [4.78, 5) is -0.255. The van der Waals surface area contributed by atoms with Crippen LogP contribution >= 0.6 is 27.5 Å². The van der Waals surface area contributed by atoms with Gasteiger partial charge in [-0.15, -0.1) is 0 Å². The fourth-order valence-electron chi connectivity index (χ4n) is 0.595. The minimum absolute atomic E-state index is 0.255. The van der Waals surface area contributed by atoms with Crippen LogP contribution in [-0.4, -0.2) is 11.0 Å². The number of hydrogen-bond acceptors (Lipinski definition) is 0. The summed E-state index contributed by atoms with van der Waals surface area (Å²) in [5.74, 6) is 0. The minimum Gasteiger partial charge on any atom is -0.240 e. The Bertz CT molecular complexity index is 164. The molecule has 0 spiro atoms. The van der Waals surface area contributed by atoms with E-state index in [4.69, 9.17) is 11.6 Å². The maximum atomic E-state index is 12.7. The Hall–Kier alpha value is 0.180. The molecular weight excluding hydrogens is 206 g/mol. The van der Waals surface area contributed by atoms with Crippen molar-refractivity contribution in [1.82, 2.24) is 0 Å². The van der Waals surface area contributed by atoms with E-state index < -0.39 is 6.17 Å². The van der Waals surface area contributed by atoms with Crippen molar-refractivity contribution in [3.8, 4) is 0 Å². The lowest BCUT2D eigenvalue weighted by atomic mass is 10.2. The number of halogens is 3. The monoisotopic (exact) mass is 210 g/mol. The fourth-order valence-corrected chi connectivity index (χ4v) is 1.42. The van der Waals surface area contributed by atoms with E-state index in [9.17, 15) is 4.39 Å².